The minimum absolute atomic E-state index is 0.130. The van der Waals surface area contributed by atoms with Crippen LogP contribution in [-0.4, -0.2) is 15.0 Å². The SMILES string of the molecule is c1ccc(-c2cc(-c3ccc(-c4cc5ocnc5cc4-c4ccccc4)cc3)nc(C34CC5CC(CC(C5)C3)C4)n2)cc1. The van der Waals surface area contributed by atoms with Crippen LogP contribution in [0.25, 0.3) is 55.9 Å². The molecular formula is C39H33N3O. The molecule has 6 aromatic rings. The van der Waals surface area contributed by atoms with Crippen molar-refractivity contribution < 1.29 is 4.42 Å². The van der Waals surface area contributed by atoms with Crippen LogP contribution in [0.4, 0.5) is 0 Å². The summed E-state index contributed by atoms with van der Waals surface area (Å²) in [7, 11) is 0. The maximum absolute atomic E-state index is 5.70. The quantitative estimate of drug-likeness (QED) is 0.211. The molecule has 210 valence electrons. The molecule has 0 amide bonds. The summed E-state index contributed by atoms with van der Waals surface area (Å²) in [5.74, 6) is 3.62. The van der Waals surface area contributed by atoms with Crippen molar-refractivity contribution in [3.63, 3.8) is 0 Å². The van der Waals surface area contributed by atoms with Crippen LogP contribution >= 0.6 is 0 Å². The minimum atomic E-state index is 0.130. The third-order valence-electron chi connectivity index (χ3n) is 10.4. The summed E-state index contributed by atoms with van der Waals surface area (Å²) < 4.78 is 5.70. The van der Waals surface area contributed by atoms with Gasteiger partial charge in [0.25, 0.3) is 0 Å². The predicted octanol–water partition coefficient (Wildman–Crippen LogP) is 9.75. The van der Waals surface area contributed by atoms with E-state index in [1.165, 1.54) is 44.9 Å². The predicted molar refractivity (Wildman–Crippen MR) is 171 cm³/mol. The molecule has 0 spiro atoms. The Labute approximate surface area is 251 Å². The van der Waals surface area contributed by atoms with Crippen LogP contribution in [0.1, 0.15) is 44.3 Å². The van der Waals surface area contributed by atoms with Crippen molar-refractivity contribution in [2.24, 2.45) is 17.8 Å². The van der Waals surface area contributed by atoms with Crippen molar-refractivity contribution in [2.75, 3.05) is 0 Å². The van der Waals surface area contributed by atoms with Crippen molar-refractivity contribution in [1.29, 1.82) is 0 Å². The fraction of sp³-hybridized carbons (Fsp3) is 0.256. The molecule has 10 rings (SSSR count). The lowest BCUT2D eigenvalue weighted by molar-refractivity contribution is -0.00929. The fourth-order valence-corrected chi connectivity index (χ4v) is 8.79. The van der Waals surface area contributed by atoms with Gasteiger partial charge < -0.3 is 4.42 Å². The zero-order chi connectivity index (χ0) is 28.4. The van der Waals surface area contributed by atoms with Gasteiger partial charge in [-0.3, -0.25) is 0 Å². The molecule has 4 aliphatic rings. The number of fused-ring (bicyclic) bond motifs is 1. The highest BCUT2D eigenvalue weighted by Gasteiger charge is 2.53. The molecular weight excluding hydrogens is 526 g/mol. The summed E-state index contributed by atoms with van der Waals surface area (Å²) in [6.07, 6.45) is 9.52. The zero-order valence-corrected chi connectivity index (χ0v) is 24.1. The molecule has 4 aromatic carbocycles. The second-order valence-corrected chi connectivity index (χ2v) is 13.2. The number of oxazole rings is 1. The van der Waals surface area contributed by atoms with Gasteiger partial charge in [0.05, 0.1) is 11.4 Å². The number of benzene rings is 4. The highest BCUT2D eigenvalue weighted by molar-refractivity contribution is 5.93. The van der Waals surface area contributed by atoms with Gasteiger partial charge in [-0.25, -0.2) is 15.0 Å². The molecule has 2 aromatic heterocycles. The van der Waals surface area contributed by atoms with E-state index in [4.69, 9.17) is 14.4 Å². The van der Waals surface area contributed by atoms with E-state index in [0.717, 1.165) is 79.4 Å². The summed E-state index contributed by atoms with van der Waals surface area (Å²) in [6, 6.07) is 36.4. The molecule has 4 nitrogen and oxygen atoms in total. The Kier molecular flexibility index (Phi) is 5.65. The molecule has 0 atom stereocenters. The Morgan fingerprint density at radius 3 is 1.70 bits per heavy atom. The van der Waals surface area contributed by atoms with E-state index in [-0.39, 0.29) is 5.41 Å². The summed E-state index contributed by atoms with van der Waals surface area (Å²) in [6.45, 7) is 0. The topological polar surface area (TPSA) is 51.8 Å². The van der Waals surface area contributed by atoms with Gasteiger partial charge in [-0.1, -0.05) is 84.9 Å². The number of nitrogens with zero attached hydrogens (tertiary/aromatic N) is 3. The fourth-order valence-electron chi connectivity index (χ4n) is 8.79. The van der Waals surface area contributed by atoms with E-state index >= 15 is 0 Å². The summed E-state index contributed by atoms with van der Waals surface area (Å²) in [5, 5.41) is 0. The van der Waals surface area contributed by atoms with Crippen molar-refractivity contribution in [3.8, 4) is 44.8 Å². The molecule has 4 aliphatic carbocycles. The first kappa shape index (κ1) is 25.0. The third-order valence-corrected chi connectivity index (χ3v) is 10.4. The molecule has 0 unspecified atom stereocenters. The average Bonchev–Trinajstić information content (AvgIpc) is 3.52. The molecule has 4 heteroatoms. The van der Waals surface area contributed by atoms with E-state index in [1.54, 1.807) is 0 Å². The molecule has 4 saturated carbocycles. The first-order valence-electron chi connectivity index (χ1n) is 15.7. The van der Waals surface area contributed by atoms with Gasteiger partial charge in [0, 0.05) is 16.5 Å². The van der Waals surface area contributed by atoms with Crippen LogP contribution in [0.5, 0.6) is 0 Å². The number of rotatable bonds is 5. The lowest BCUT2D eigenvalue weighted by Crippen LogP contribution is -2.49. The van der Waals surface area contributed by atoms with Crippen LogP contribution in [0, 0.1) is 17.8 Å². The van der Waals surface area contributed by atoms with Crippen LogP contribution in [-0.2, 0) is 5.41 Å². The van der Waals surface area contributed by atoms with Gasteiger partial charge in [-0.15, -0.1) is 0 Å². The molecule has 43 heavy (non-hydrogen) atoms. The van der Waals surface area contributed by atoms with E-state index in [2.05, 4.69) is 108 Å². The van der Waals surface area contributed by atoms with Gasteiger partial charge in [-0.05, 0) is 96.7 Å². The van der Waals surface area contributed by atoms with E-state index in [0.29, 0.717) is 0 Å². The van der Waals surface area contributed by atoms with Crippen molar-refractivity contribution in [1.82, 2.24) is 15.0 Å². The van der Waals surface area contributed by atoms with Gasteiger partial charge in [0.1, 0.15) is 11.3 Å². The van der Waals surface area contributed by atoms with Gasteiger partial charge >= 0.3 is 0 Å². The second kappa shape index (κ2) is 9.74. The van der Waals surface area contributed by atoms with Crippen molar-refractivity contribution >= 4 is 11.1 Å². The summed E-state index contributed by atoms with van der Waals surface area (Å²) in [5.41, 5.74) is 10.7. The summed E-state index contributed by atoms with van der Waals surface area (Å²) >= 11 is 0. The maximum Gasteiger partial charge on any atom is 0.181 e. The van der Waals surface area contributed by atoms with Crippen molar-refractivity contribution in [3.05, 3.63) is 115 Å². The van der Waals surface area contributed by atoms with E-state index < -0.39 is 0 Å². The third kappa shape index (κ3) is 4.31. The standard InChI is InChI=1S/C39H33N3O/c1-3-7-28(8-4-1)32-18-36-37(43-24-40-36)19-33(32)29-11-13-31(14-12-29)35-20-34(30-9-5-2-6-10-30)41-38(42-35)39-21-25-15-26(22-39)17-27(16-25)23-39/h1-14,18-20,24-27H,15-17,21-23H2. The molecule has 4 bridgehead atoms. The Balaban J connectivity index is 1.15. The normalized spacial score (nSPS) is 24.0. The lowest BCUT2D eigenvalue weighted by Gasteiger charge is -2.56. The van der Waals surface area contributed by atoms with Crippen molar-refractivity contribution in [2.45, 2.75) is 43.9 Å². The Morgan fingerprint density at radius 2 is 1.07 bits per heavy atom. The Hall–Kier alpha value is -4.57. The van der Waals surface area contributed by atoms with Gasteiger partial charge in [-0.2, -0.15) is 0 Å². The second-order valence-electron chi connectivity index (χ2n) is 13.2. The molecule has 0 N–H and O–H groups in total. The molecule has 0 saturated heterocycles. The van der Waals surface area contributed by atoms with Crippen LogP contribution < -0.4 is 0 Å². The van der Waals surface area contributed by atoms with E-state index in [1.807, 2.05) is 0 Å². The first-order valence-corrected chi connectivity index (χ1v) is 15.7. The minimum Gasteiger partial charge on any atom is -0.443 e. The molecule has 4 fully saturated rings. The highest BCUT2D eigenvalue weighted by Crippen LogP contribution is 2.60. The number of hydrogen-bond donors (Lipinski definition) is 0. The summed E-state index contributed by atoms with van der Waals surface area (Å²) in [4.78, 5) is 15.1. The molecule has 0 aliphatic heterocycles. The highest BCUT2D eigenvalue weighted by atomic mass is 16.3. The van der Waals surface area contributed by atoms with Gasteiger partial charge in [0.15, 0.2) is 12.0 Å². The molecule has 0 radical (unpaired) electrons. The zero-order valence-electron chi connectivity index (χ0n) is 24.1. The van der Waals surface area contributed by atoms with Crippen LogP contribution in [0.3, 0.4) is 0 Å². The maximum atomic E-state index is 5.70. The Bertz CT molecular complexity index is 1910. The Morgan fingerprint density at radius 1 is 0.558 bits per heavy atom. The van der Waals surface area contributed by atoms with Crippen LogP contribution in [0.15, 0.2) is 114 Å². The lowest BCUT2D eigenvalue weighted by atomic mass is 9.49. The smallest absolute Gasteiger partial charge is 0.181 e. The monoisotopic (exact) mass is 559 g/mol. The first-order chi connectivity index (χ1) is 21.2. The van der Waals surface area contributed by atoms with E-state index in [9.17, 15) is 0 Å². The number of aromatic nitrogens is 3. The van der Waals surface area contributed by atoms with Gasteiger partial charge in [0.2, 0.25) is 0 Å². The number of hydrogen-bond acceptors (Lipinski definition) is 4. The van der Waals surface area contributed by atoms with Crippen LogP contribution in [0.2, 0.25) is 0 Å². The molecule has 2 heterocycles. The average molecular weight is 560 g/mol. The largest absolute Gasteiger partial charge is 0.443 e.